The van der Waals surface area contributed by atoms with E-state index in [1.807, 2.05) is 4.90 Å². The summed E-state index contributed by atoms with van der Waals surface area (Å²) >= 11 is 0. The molecule has 2 aromatic rings. The van der Waals surface area contributed by atoms with Gasteiger partial charge in [-0.1, -0.05) is 29.3 Å². The molecule has 0 bridgehead atoms. The summed E-state index contributed by atoms with van der Waals surface area (Å²) < 4.78 is 31.7. The number of nitrogens with zero attached hydrogens (tertiary/aromatic N) is 4. The zero-order valence-electron chi connectivity index (χ0n) is 18.6. The molecule has 1 spiro atoms. The van der Waals surface area contributed by atoms with Gasteiger partial charge in [-0.15, -0.1) is 0 Å². The zero-order chi connectivity index (χ0) is 24.2. The molecule has 0 radical (unpaired) electrons. The maximum Gasteiger partial charge on any atom is 0.490 e. The second-order valence-electron chi connectivity index (χ2n) is 8.66. The first-order valence-corrected chi connectivity index (χ1v) is 10.7. The van der Waals surface area contributed by atoms with Gasteiger partial charge in [0, 0.05) is 13.1 Å². The number of anilines is 1. The van der Waals surface area contributed by atoms with E-state index in [-0.39, 0.29) is 11.3 Å². The van der Waals surface area contributed by atoms with E-state index in [1.165, 1.54) is 23.0 Å². The Hall–Kier alpha value is -3.01. The number of alkyl halides is 3. The summed E-state index contributed by atoms with van der Waals surface area (Å²) in [6.45, 7) is 8.03. The number of aryl methyl sites for hydroxylation is 2. The number of aromatic nitrogens is 2. The van der Waals surface area contributed by atoms with Gasteiger partial charge in [0.05, 0.1) is 23.5 Å². The maximum absolute atomic E-state index is 13.1. The summed E-state index contributed by atoms with van der Waals surface area (Å²) in [4.78, 5) is 34.5. The summed E-state index contributed by atoms with van der Waals surface area (Å²) in [6.07, 6.45) is 2.73. The van der Waals surface area contributed by atoms with Gasteiger partial charge >= 0.3 is 12.1 Å². The van der Waals surface area contributed by atoms with Crippen molar-refractivity contribution in [2.45, 2.75) is 45.8 Å². The highest BCUT2D eigenvalue weighted by Crippen LogP contribution is 2.43. The van der Waals surface area contributed by atoms with Crippen LogP contribution in [0.4, 0.5) is 18.9 Å². The Morgan fingerprint density at radius 3 is 2.06 bits per heavy atom. The van der Waals surface area contributed by atoms with E-state index in [1.54, 1.807) is 12.4 Å². The number of piperidine rings is 1. The lowest BCUT2D eigenvalue weighted by atomic mass is 9.77. The quantitative estimate of drug-likeness (QED) is 0.745. The molecule has 3 heterocycles. The number of halogens is 3. The van der Waals surface area contributed by atoms with Gasteiger partial charge in [0.2, 0.25) is 5.91 Å². The second kappa shape index (κ2) is 9.86. The Labute approximate surface area is 190 Å². The van der Waals surface area contributed by atoms with Gasteiger partial charge < -0.3 is 10.0 Å². The molecular formula is C23H27F3N4O3. The molecule has 7 nitrogen and oxygen atoms in total. The number of benzene rings is 1. The summed E-state index contributed by atoms with van der Waals surface area (Å²) in [7, 11) is 0. The molecule has 0 aliphatic carbocycles. The van der Waals surface area contributed by atoms with Crippen molar-refractivity contribution in [1.82, 2.24) is 14.9 Å². The van der Waals surface area contributed by atoms with Crippen LogP contribution in [0.15, 0.2) is 36.9 Å². The molecule has 33 heavy (non-hydrogen) atoms. The van der Waals surface area contributed by atoms with Crippen LogP contribution < -0.4 is 4.90 Å². The topological polar surface area (TPSA) is 86.6 Å². The highest BCUT2D eigenvalue weighted by Gasteiger charge is 2.48. The van der Waals surface area contributed by atoms with Crippen LogP contribution in [0, 0.1) is 19.3 Å². The SMILES string of the molecule is Cc1cc(C)cc(CN2CCC3(CC2)CCN(c2cncnc2)C3=O)c1.O=C(O)C(F)(F)F. The Morgan fingerprint density at radius 2 is 1.55 bits per heavy atom. The molecule has 10 heteroatoms. The third-order valence-corrected chi connectivity index (χ3v) is 6.11. The summed E-state index contributed by atoms with van der Waals surface area (Å²) in [5.41, 5.74) is 4.65. The number of hydrogen-bond acceptors (Lipinski definition) is 5. The highest BCUT2D eigenvalue weighted by molar-refractivity contribution is 5.99. The predicted octanol–water partition coefficient (Wildman–Crippen LogP) is 3.75. The average Bonchev–Trinajstić information content (AvgIpc) is 3.05. The number of carboxylic acids is 1. The van der Waals surface area contributed by atoms with Crippen molar-refractivity contribution in [3.8, 4) is 0 Å². The van der Waals surface area contributed by atoms with Crippen LogP contribution in [-0.4, -0.2) is 57.7 Å². The fourth-order valence-electron chi connectivity index (χ4n) is 4.52. The molecule has 1 aromatic heterocycles. The fraction of sp³-hybridized carbons (Fsp3) is 0.478. The number of amides is 1. The van der Waals surface area contributed by atoms with Crippen LogP contribution in [-0.2, 0) is 16.1 Å². The molecule has 2 aliphatic heterocycles. The normalized spacial score (nSPS) is 18.2. The van der Waals surface area contributed by atoms with E-state index >= 15 is 0 Å². The van der Waals surface area contributed by atoms with E-state index in [0.29, 0.717) is 0 Å². The Bertz CT molecular complexity index is 970. The largest absolute Gasteiger partial charge is 0.490 e. The van der Waals surface area contributed by atoms with Crippen LogP contribution in [0.3, 0.4) is 0 Å². The van der Waals surface area contributed by atoms with E-state index in [9.17, 15) is 18.0 Å². The van der Waals surface area contributed by atoms with Gasteiger partial charge in [0.1, 0.15) is 6.33 Å². The fourth-order valence-corrected chi connectivity index (χ4v) is 4.52. The lowest BCUT2D eigenvalue weighted by Crippen LogP contribution is -2.44. The van der Waals surface area contributed by atoms with Crippen LogP contribution >= 0.6 is 0 Å². The lowest BCUT2D eigenvalue weighted by molar-refractivity contribution is -0.192. The van der Waals surface area contributed by atoms with Crippen LogP contribution in [0.5, 0.6) is 0 Å². The van der Waals surface area contributed by atoms with Crippen molar-refractivity contribution in [2.75, 3.05) is 24.5 Å². The van der Waals surface area contributed by atoms with E-state index in [4.69, 9.17) is 9.90 Å². The van der Waals surface area contributed by atoms with Crippen molar-refractivity contribution in [3.05, 3.63) is 53.6 Å². The number of likely N-dealkylation sites (tertiary alicyclic amines) is 1. The molecule has 2 fully saturated rings. The van der Waals surface area contributed by atoms with Gasteiger partial charge in [-0.2, -0.15) is 13.2 Å². The molecular weight excluding hydrogens is 437 g/mol. The molecule has 178 valence electrons. The van der Waals surface area contributed by atoms with Crippen molar-refractivity contribution >= 4 is 17.6 Å². The number of carbonyl (C=O) groups is 2. The van der Waals surface area contributed by atoms with Crippen molar-refractivity contribution in [3.63, 3.8) is 0 Å². The van der Waals surface area contributed by atoms with E-state index in [2.05, 4.69) is 46.9 Å². The lowest BCUT2D eigenvalue weighted by Gasteiger charge is -2.38. The molecule has 0 saturated carbocycles. The minimum atomic E-state index is -5.08. The molecule has 1 amide bonds. The van der Waals surface area contributed by atoms with Gasteiger partial charge in [0.15, 0.2) is 0 Å². The summed E-state index contributed by atoms with van der Waals surface area (Å²) in [5, 5.41) is 7.12. The third kappa shape index (κ3) is 6.07. The Balaban J connectivity index is 0.000000383. The number of hydrogen-bond donors (Lipinski definition) is 1. The Morgan fingerprint density at radius 1 is 1.03 bits per heavy atom. The average molecular weight is 464 g/mol. The first kappa shape index (κ1) is 24.6. The molecule has 2 saturated heterocycles. The van der Waals surface area contributed by atoms with E-state index in [0.717, 1.165) is 51.1 Å². The molecule has 1 aromatic carbocycles. The smallest absolute Gasteiger partial charge is 0.475 e. The monoisotopic (exact) mass is 464 g/mol. The minimum absolute atomic E-state index is 0.186. The minimum Gasteiger partial charge on any atom is -0.475 e. The molecule has 0 atom stereocenters. The van der Waals surface area contributed by atoms with E-state index < -0.39 is 12.1 Å². The van der Waals surface area contributed by atoms with Crippen LogP contribution in [0.1, 0.15) is 36.0 Å². The third-order valence-electron chi connectivity index (χ3n) is 6.11. The predicted molar refractivity (Wildman–Crippen MR) is 116 cm³/mol. The molecule has 4 rings (SSSR count). The summed E-state index contributed by atoms with van der Waals surface area (Å²) in [6, 6.07) is 6.76. The molecule has 1 N–H and O–H groups in total. The van der Waals surface area contributed by atoms with Crippen molar-refractivity contribution in [2.24, 2.45) is 5.41 Å². The zero-order valence-corrected chi connectivity index (χ0v) is 18.6. The number of carboxylic acid groups (broad SMARTS) is 1. The highest BCUT2D eigenvalue weighted by atomic mass is 19.4. The van der Waals surface area contributed by atoms with Gasteiger partial charge in [-0.05, 0) is 51.8 Å². The van der Waals surface area contributed by atoms with Crippen molar-refractivity contribution < 1.29 is 27.9 Å². The second-order valence-corrected chi connectivity index (χ2v) is 8.66. The maximum atomic E-state index is 13.1. The number of carbonyl (C=O) groups excluding carboxylic acids is 1. The first-order chi connectivity index (χ1) is 15.5. The summed E-state index contributed by atoms with van der Waals surface area (Å²) in [5.74, 6) is -2.49. The van der Waals surface area contributed by atoms with Gasteiger partial charge in [-0.25, -0.2) is 14.8 Å². The van der Waals surface area contributed by atoms with Gasteiger partial charge in [0.25, 0.3) is 0 Å². The van der Waals surface area contributed by atoms with Crippen LogP contribution in [0.25, 0.3) is 0 Å². The standard InChI is InChI=1S/C21H26N4O.C2HF3O2/c1-16-9-17(2)11-18(10-16)14-24-6-3-21(4-7-24)5-8-25(20(21)26)19-12-22-15-23-13-19;3-2(4,5)1(6)7/h9-13,15H,3-8,14H2,1-2H3;(H,6,7). The van der Waals surface area contributed by atoms with Gasteiger partial charge in [-0.3, -0.25) is 9.69 Å². The molecule has 0 unspecified atom stereocenters. The number of rotatable bonds is 3. The van der Waals surface area contributed by atoms with Crippen molar-refractivity contribution in [1.29, 1.82) is 0 Å². The first-order valence-electron chi connectivity index (χ1n) is 10.7. The van der Waals surface area contributed by atoms with Crippen LogP contribution in [0.2, 0.25) is 0 Å². The number of aliphatic carboxylic acids is 1. The molecule has 2 aliphatic rings. The Kier molecular flexibility index (Phi) is 7.36.